The average Bonchev–Trinajstić information content (AvgIpc) is 3.32. The summed E-state index contributed by atoms with van der Waals surface area (Å²) in [6, 6.07) is 0. The summed E-state index contributed by atoms with van der Waals surface area (Å²) in [7, 11) is 3.34. The largest absolute Gasteiger partial charge is 0.355 e. The van der Waals surface area contributed by atoms with Gasteiger partial charge in [-0.05, 0) is 18.3 Å². The highest BCUT2D eigenvalue weighted by Crippen LogP contribution is 2.52. The second kappa shape index (κ2) is 7.94. The van der Waals surface area contributed by atoms with Gasteiger partial charge in [0.05, 0.1) is 11.8 Å². The summed E-state index contributed by atoms with van der Waals surface area (Å²) >= 11 is 0. The van der Waals surface area contributed by atoms with Gasteiger partial charge in [0.2, 0.25) is 17.7 Å². The van der Waals surface area contributed by atoms with Gasteiger partial charge in [0.15, 0.2) is 5.96 Å². The molecule has 3 aliphatic rings. The maximum absolute atomic E-state index is 12.7. The van der Waals surface area contributed by atoms with Gasteiger partial charge in [-0.15, -0.1) is 6.58 Å². The van der Waals surface area contributed by atoms with Crippen LogP contribution in [0.2, 0.25) is 0 Å². The van der Waals surface area contributed by atoms with Crippen LogP contribution in [0, 0.1) is 23.7 Å². The number of imide groups is 1. The second-order valence-electron chi connectivity index (χ2n) is 7.38. The lowest BCUT2D eigenvalue weighted by Crippen LogP contribution is -2.44. The molecule has 1 saturated heterocycles. The van der Waals surface area contributed by atoms with Crippen LogP contribution in [-0.2, 0) is 14.4 Å². The van der Waals surface area contributed by atoms with Crippen LogP contribution in [0.3, 0.4) is 0 Å². The summed E-state index contributed by atoms with van der Waals surface area (Å²) in [6.07, 6.45) is 6.79. The Morgan fingerprint density at radius 2 is 1.89 bits per heavy atom. The summed E-state index contributed by atoms with van der Waals surface area (Å²) < 4.78 is 0. The second-order valence-corrected chi connectivity index (χ2v) is 7.38. The molecule has 3 amide bonds. The van der Waals surface area contributed by atoms with E-state index in [1.807, 2.05) is 0 Å². The van der Waals surface area contributed by atoms with E-state index < -0.39 is 0 Å². The number of carbonyl (C=O) groups is 3. The maximum Gasteiger partial charge on any atom is 0.243 e. The van der Waals surface area contributed by atoms with Gasteiger partial charge in [-0.25, -0.2) is 4.99 Å². The quantitative estimate of drug-likeness (QED) is 0.274. The van der Waals surface area contributed by atoms with E-state index in [1.54, 1.807) is 20.2 Å². The molecule has 0 aromatic heterocycles. The smallest absolute Gasteiger partial charge is 0.243 e. The molecule has 8 heteroatoms. The molecule has 3 rings (SSSR count). The number of aliphatic imine (C=N–C) groups is 1. The van der Waals surface area contributed by atoms with Crippen molar-refractivity contribution < 1.29 is 14.4 Å². The van der Waals surface area contributed by atoms with Gasteiger partial charge in [-0.3, -0.25) is 19.3 Å². The van der Waals surface area contributed by atoms with Crippen molar-refractivity contribution in [3.05, 3.63) is 24.8 Å². The molecule has 0 radical (unpaired) electrons. The van der Waals surface area contributed by atoms with Gasteiger partial charge in [0.25, 0.3) is 0 Å². The van der Waals surface area contributed by atoms with Gasteiger partial charge < -0.3 is 15.5 Å². The molecule has 27 heavy (non-hydrogen) atoms. The van der Waals surface area contributed by atoms with Crippen LogP contribution in [-0.4, -0.2) is 73.8 Å². The topological polar surface area (TPSA) is 94.1 Å². The molecule has 0 aromatic carbocycles. The number of amides is 3. The Hall–Kier alpha value is -2.64. The Balaban J connectivity index is 1.54. The van der Waals surface area contributed by atoms with Gasteiger partial charge in [-0.2, -0.15) is 0 Å². The molecular formula is C19H27N5O3. The zero-order chi connectivity index (χ0) is 19.6. The van der Waals surface area contributed by atoms with Crippen molar-refractivity contribution in [1.82, 2.24) is 20.4 Å². The van der Waals surface area contributed by atoms with Crippen molar-refractivity contribution >= 4 is 23.7 Å². The van der Waals surface area contributed by atoms with Crippen molar-refractivity contribution in [1.29, 1.82) is 0 Å². The molecule has 1 heterocycles. The van der Waals surface area contributed by atoms with Gasteiger partial charge in [-0.1, -0.05) is 18.2 Å². The Labute approximate surface area is 159 Å². The Bertz CT molecular complexity index is 669. The number of rotatable bonds is 7. The molecule has 1 aliphatic heterocycles. The van der Waals surface area contributed by atoms with Crippen LogP contribution in [0.15, 0.2) is 29.8 Å². The number of carbonyl (C=O) groups excluding carboxylic acids is 3. The Kier molecular flexibility index (Phi) is 5.62. The fourth-order valence-corrected chi connectivity index (χ4v) is 4.10. The van der Waals surface area contributed by atoms with Crippen LogP contribution in [0.5, 0.6) is 0 Å². The standard InChI is InChI=1S/C19H27N5O3/c1-4-7-20-19(22-11-14(25)23(2)3)21-8-9-24-17(26)15-12-5-6-13(10-12)16(15)18(24)27/h4-6,12-13,15-16H,1,7-11H2,2-3H3,(H2,20,21,22). The lowest BCUT2D eigenvalue weighted by atomic mass is 9.85. The molecule has 2 aliphatic carbocycles. The highest BCUT2D eigenvalue weighted by molar-refractivity contribution is 6.06. The van der Waals surface area contributed by atoms with Crippen molar-refractivity contribution in [2.45, 2.75) is 6.42 Å². The third-order valence-electron chi connectivity index (χ3n) is 5.47. The number of likely N-dealkylation sites (N-methyl/N-ethyl adjacent to an activating group) is 1. The van der Waals surface area contributed by atoms with E-state index >= 15 is 0 Å². The molecule has 0 spiro atoms. The monoisotopic (exact) mass is 373 g/mol. The summed E-state index contributed by atoms with van der Waals surface area (Å²) in [6.45, 7) is 4.82. The van der Waals surface area contributed by atoms with E-state index in [0.717, 1.165) is 6.42 Å². The first-order chi connectivity index (χ1) is 12.9. The predicted molar refractivity (Wildman–Crippen MR) is 102 cm³/mol. The minimum Gasteiger partial charge on any atom is -0.355 e. The molecule has 2 N–H and O–H groups in total. The van der Waals surface area contributed by atoms with Crippen LogP contribution >= 0.6 is 0 Å². The van der Waals surface area contributed by atoms with Gasteiger partial charge in [0.1, 0.15) is 6.54 Å². The molecular weight excluding hydrogens is 346 g/mol. The zero-order valence-corrected chi connectivity index (χ0v) is 15.9. The number of guanidine groups is 1. The normalized spacial score (nSPS) is 28.5. The number of fused-ring (bicyclic) bond motifs is 5. The molecule has 1 saturated carbocycles. The summed E-state index contributed by atoms with van der Waals surface area (Å²) in [4.78, 5) is 44.1. The number of nitrogens with one attached hydrogen (secondary N) is 2. The van der Waals surface area contributed by atoms with E-state index in [2.05, 4.69) is 34.4 Å². The van der Waals surface area contributed by atoms with Crippen LogP contribution in [0.1, 0.15) is 6.42 Å². The predicted octanol–water partition coefficient (Wildman–Crippen LogP) is -0.397. The fourth-order valence-electron chi connectivity index (χ4n) is 4.10. The van der Waals surface area contributed by atoms with Crippen molar-refractivity contribution in [3.8, 4) is 0 Å². The van der Waals surface area contributed by atoms with Crippen molar-refractivity contribution in [2.75, 3.05) is 40.3 Å². The number of nitrogens with zero attached hydrogens (tertiary/aromatic N) is 3. The first kappa shape index (κ1) is 19.1. The molecule has 0 aromatic rings. The van der Waals surface area contributed by atoms with Crippen LogP contribution in [0.25, 0.3) is 0 Å². The zero-order valence-electron chi connectivity index (χ0n) is 15.9. The first-order valence-corrected chi connectivity index (χ1v) is 9.30. The average molecular weight is 373 g/mol. The number of hydrogen-bond acceptors (Lipinski definition) is 4. The highest BCUT2D eigenvalue weighted by atomic mass is 16.2. The summed E-state index contributed by atoms with van der Waals surface area (Å²) in [5.41, 5.74) is 0. The molecule has 4 atom stereocenters. The number of allylic oxidation sites excluding steroid dienone is 2. The minimum atomic E-state index is -0.169. The molecule has 4 unspecified atom stereocenters. The summed E-state index contributed by atoms with van der Waals surface area (Å²) in [5, 5.41) is 6.11. The number of hydrogen-bond donors (Lipinski definition) is 2. The van der Waals surface area contributed by atoms with E-state index in [-0.39, 0.29) is 47.9 Å². The van der Waals surface area contributed by atoms with Crippen LogP contribution < -0.4 is 10.6 Å². The number of likely N-dealkylation sites (tertiary alicyclic amines) is 1. The lowest BCUT2D eigenvalue weighted by Gasteiger charge is -2.18. The molecule has 2 bridgehead atoms. The van der Waals surface area contributed by atoms with E-state index in [1.165, 1.54) is 9.80 Å². The third-order valence-corrected chi connectivity index (χ3v) is 5.47. The first-order valence-electron chi connectivity index (χ1n) is 9.30. The SMILES string of the molecule is C=CCNC(=NCC(=O)N(C)C)NCCN1C(=O)C2C3C=CC(C3)C2C1=O. The Morgan fingerprint density at radius 3 is 2.44 bits per heavy atom. The Morgan fingerprint density at radius 1 is 1.26 bits per heavy atom. The molecule has 8 nitrogen and oxygen atoms in total. The van der Waals surface area contributed by atoms with Crippen LogP contribution in [0.4, 0.5) is 0 Å². The van der Waals surface area contributed by atoms with Gasteiger partial charge in [0, 0.05) is 33.7 Å². The van der Waals surface area contributed by atoms with E-state index in [0.29, 0.717) is 25.6 Å². The van der Waals surface area contributed by atoms with E-state index in [4.69, 9.17) is 0 Å². The maximum atomic E-state index is 12.7. The molecule has 2 fully saturated rings. The van der Waals surface area contributed by atoms with Crippen molar-refractivity contribution in [3.63, 3.8) is 0 Å². The fraction of sp³-hybridized carbons (Fsp3) is 0.579. The highest BCUT2D eigenvalue weighted by Gasteiger charge is 2.58. The third kappa shape index (κ3) is 3.74. The minimum absolute atomic E-state index is 0.0141. The van der Waals surface area contributed by atoms with Crippen molar-refractivity contribution in [2.24, 2.45) is 28.7 Å². The molecule has 146 valence electrons. The van der Waals surface area contributed by atoms with E-state index in [9.17, 15) is 14.4 Å². The summed E-state index contributed by atoms with van der Waals surface area (Å²) in [5.74, 6) is 0.333. The van der Waals surface area contributed by atoms with Gasteiger partial charge >= 0.3 is 0 Å². The lowest BCUT2D eigenvalue weighted by molar-refractivity contribution is -0.140.